The van der Waals surface area contributed by atoms with Crippen molar-refractivity contribution in [3.63, 3.8) is 0 Å². The Labute approximate surface area is 243 Å². The van der Waals surface area contributed by atoms with Crippen molar-refractivity contribution in [1.82, 2.24) is 15.1 Å². The molecule has 10 nitrogen and oxygen atoms in total. The SMILES string of the molecule is Cc1ccc(S(=O)(=O)Nc2ccc3c(c2)C(=O)N([C@@H](C)CO)C[C@@H](C)[C@@H](CN(C)C(=O)NC2CCCCC2)O3)cc1. The summed E-state index contributed by atoms with van der Waals surface area (Å²) in [4.78, 5) is 30.0. The highest BCUT2D eigenvalue weighted by Crippen LogP contribution is 2.31. The van der Waals surface area contributed by atoms with Crippen LogP contribution in [0.2, 0.25) is 0 Å². The lowest BCUT2D eigenvalue weighted by atomic mass is 9.96. The van der Waals surface area contributed by atoms with Gasteiger partial charge in [0.15, 0.2) is 0 Å². The average Bonchev–Trinajstić information content (AvgIpc) is 2.95. The van der Waals surface area contributed by atoms with Gasteiger partial charge in [-0.3, -0.25) is 9.52 Å². The summed E-state index contributed by atoms with van der Waals surface area (Å²) in [5, 5.41) is 13.0. The third-order valence-corrected chi connectivity index (χ3v) is 9.38. The average molecular weight is 587 g/mol. The van der Waals surface area contributed by atoms with E-state index in [4.69, 9.17) is 4.74 Å². The molecular weight excluding hydrogens is 544 g/mol. The molecule has 3 amide bonds. The molecular formula is C30H42N4O6S. The number of rotatable bonds is 8. The number of aliphatic hydroxyl groups is 1. The van der Waals surface area contributed by atoms with Crippen LogP contribution in [-0.4, -0.2) is 80.2 Å². The van der Waals surface area contributed by atoms with E-state index in [2.05, 4.69) is 10.0 Å². The van der Waals surface area contributed by atoms with Gasteiger partial charge in [-0.15, -0.1) is 0 Å². The molecule has 0 saturated heterocycles. The number of benzene rings is 2. The van der Waals surface area contributed by atoms with Crippen LogP contribution >= 0.6 is 0 Å². The minimum Gasteiger partial charge on any atom is -0.487 e. The lowest BCUT2D eigenvalue weighted by molar-refractivity contribution is 0.0366. The summed E-state index contributed by atoms with van der Waals surface area (Å²) in [5.74, 6) is -0.238. The maximum atomic E-state index is 13.7. The fourth-order valence-corrected chi connectivity index (χ4v) is 6.37. The summed E-state index contributed by atoms with van der Waals surface area (Å²) >= 11 is 0. The number of ether oxygens (including phenoxy) is 1. The lowest BCUT2D eigenvalue weighted by Gasteiger charge is -2.38. The Bertz CT molecular complexity index is 1330. The van der Waals surface area contributed by atoms with Crippen molar-refractivity contribution in [1.29, 1.82) is 0 Å². The summed E-state index contributed by atoms with van der Waals surface area (Å²) in [7, 11) is -2.16. The number of fused-ring (bicyclic) bond motifs is 1. The van der Waals surface area contributed by atoms with Crippen LogP contribution in [0.4, 0.5) is 10.5 Å². The number of amides is 3. The van der Waals surface area contributed by atoms with Crippen molar-refractivity contribution in [3.05, 3.63) is 53.6 Å². The number of urea groups is 1. The summed E-state index contributed by atoms with van der Waals surface area (Å²) in [5.41, 5.74) is 1.33. The first-order chi connectivity index (χ1) is 19.5. The maximum absolute atomic E-state index is 13.7. The fraction of sp³-hybridized carbons (Fsp3) is 0.533. The number of aliphatic hydroxyl groups excluding tert-OH is 1. The Balaban J connectivity index is 1.59. The molecule has 3 atom stereocenters. The largest absolute Gasteiger partial charge is 0.487 e. The third kappa shape index (κ3) is 7.51. The molecule has 0 bridgehead atoms. The van der Waals surface area contributed by atoms with Gasteiger partial charge in [-0.05, 0) is 57.0 Å². The first-order valence-electron chi connectivity index (χ1n) is 14.3. The van der Waals surface area contributed by atoms with Gasteiger partial charge < -0.3 is 25.0 Å². The number of nitrogens with one attached hydrogen (secondary N) is 2. The van der Waals surface area contributed by atoms with Gasteiger partial charge >= 0.3 is 6.03 Å². The number of carbonyl (C=O) groups excluding carboxylic acids is 2. The van der Waals surface area contributed by atoms with Gasteiger partial charge in [-0.2, -0.15) is 0 Å². The third-order valence-electron chi connectivity index (χ3n) is 7.98. The molecule has 2 aliphatic rings. The number of aryl methyl sites for hydroxylation is 1. The van der Waals surface area contributed by atoms with Crippen LogP contribution in [0, 0.1) is 12.8 Å². The first-order valence-corrected chi connectivity index (χ1v) is 15.8. The number of sulfonamides is 1. The fourth-order valence-electron chi connectivity index (χ4n) is 5.32. The molecule has 1 saturated carbocycles. The summed E-state index contributed by atoms with van der Waals surface area (Å²) in [6.07, 6.45) is 4.94. The molecule has 41 heavy (non-hydrogen) atoms. The Morgan fingerprint density at radius 2 is 1.83 bits per heavy atom. The molecule has 2 aromatic rings. The highest BCUT2D eigenvalue weighted by molar-refractivity contribution is 7.92. The topological polar surface area (TPSA) is 128 Å². The highest BCUT2D eigenvalue weighted by Gasteiger charge is 2.34. The predicted octanol–water partition coefficient (Wildman–Crippen LogP) is 3.99. The van der Waals surface area contributed by atoms with E-state index in [1.165, 1.54) is 24.6 Å². The Morgan fingerprint density at radius 1 is 1.15 bits per heavy atom. The number of carbonyl (C=O) groups is 2. The summed E-state index contributed by atoms with van der Waals surface area (Å²) in [6.45, 7) is 5.94. The van der Waals surface area contributed by atoms with Crippen molar-refractivity contribution in [2.45, 2.75) is 76.0 Å². The number of likely N-dealkylation sites (N-methyl/N-ethyl adjacent to an activating group) is 1. The monoisotopic (exact) mass is 586 g/mol. The van der Waals surface area contributed by atoms with Crippen molar-refractivity contribution < 1.29 is 27.9 Å². The van der Waals surface area contributed by atoms with Gasteiger partial charge in [0, 0.05) is 31.2 Å². The van der Waals surface area contributed by atoms with E-state index in [0.717, 1.165) is 31.2 Å². The minimum atomic E-state index is -3.89. The molecule has 0 spiro atoms. The Morgan fingerprint density at radius 3 is 2.49 bits per heavy atom. The molecule has 224 valence electrons. The predicted molar refractivity (Wildman–Crippen MR) is 158 cm³/mol. The van der Waals surface area contributed by atoms with Gasteiger partial charge in [0.2, 0.25) is 0 Å². The number of anilines is 1. The second-order valence-electron chi connectivity index (χ2n) is 11.4. The molecule has 0 aromatic heterocycles. The van der Waals surface area contributed by atoms with Crippen LogP contribution in [0.3, 0.4) is 0 Å². The van der Waals surface area contributed by atoms with Crippen molar-refractivity contribution in [2.75, 3.05) is 31.5 Å². The van der Waals surface area contributed by atoms with Gasteiger partial charge in [0.25, 0.3) is 15.9 Å². The molecule has 1 heterocycles. The van der Waals surface area contributed by atoms with Crippen LogP contribution in [0.1, 0.15) is 61.9 Å². The summed E-state index contributed by atoms with van der Waals surface area (Å²) in [6, 6.07) is 10.6. The van der Waals surface area contributed by atoms with Crippen LogP contribution in [0.15, 0.2) is 47.4 Å². The van der Waals surface area contributed by atoms with E-state index in [9.17, 15) is 23.1 Å². The van der Waals surface area contributed by atoms with E-state index in [-0.39, 0.29) is 53.2 Å². The van der Waals surface area contributed by atoms with Crippen molar-refractivity contribution in [2.24, 2.45) is 5.92 Å². The van der Waals surface area contributed by atoms with Crippen molar-refractivity contribution >= 4 is 27.6 Å². The van der Waals surface area contributed by atoms with Crippen LogP contribution in [-0.2, 0) is 10.0 Å². The standard InChI is InChI=1S/C30H42N4O6S/c1-20-10-13-25(14-11-20)41(38,39)32-24-12-15-27-26(16-24)29(36)34(22(3)19-35)17-21(2)28(40-27)18-33(4)30(37)31-23-8-6-5-7-9-23/h10-16,21-23,28,32,35H,5-9,17-19H2,1-4H3,(H,31,37)/t21-,22+,28-/m1/s1. The second kappa shape index (κ2) is 13.1. The molecule has 4 rings (SSSR count). The van der Waals surface area contributed by atoms with Crippen LogP contribution < -0.4 is 14.8 Å². The zero-order valence-electron chi connectivity index (χ0n) is 24.3. The smallest absolute Gasteiger partial charge is 0.317 e. The lowest BCUT2D eigenvalue weighted by Crippen LogP contribution is -2.52. The first kappa shape index (κ1) is 30.6. The molecule has 1 aliphatic heterocycles. The number of hydrogen-bond donors (Lipinski definition) is 3. The van der Waals surface area contributed by atoms with Gasteiger partial charge in [0.05, 0.1) is 29.7 Å². The molecule has 11 heteroatoms. The number of nitrogens with zero attached hydrogens (tertiary/aromatic N) is 2. The van der Waals surface area contributed by atoms with Crippen molar-refractivity contribution in [3.8, 4) is 5.75 Å². The zero-order chi connectivity index (χ0) is 29.7. The van der Waals surface area contributed by atoms with E-state index in [1.807, 2.05) is 13.8 Å². The van der Waals surface area contributed by atoms with Gasteiger partial charge in [0.1, 0.15) is 11.9 Å². The van der Waals surface area contributed by atoms with E-state index >= 15 is 0 Å². The molecule has 1 aliphatic carbocycles. The highest BCUT2D eigenvalue weighted by atomic mass is 32.2. The maximum Gasteiger partial charge on any atom is 0.317 e. The quantitative estimate of drug-likeness (QED) is 0.429. The molecule has 0 unspecified atom stereocenters. The second-order valence-corrected chi connectivity index (χ2v) is 13.1. The molecule has 2 aromatic carbocycles. The van der Waals surface area contributed by atoms with Gasteiger partial charge in [-0.25, -0.2) is 13.2 Å². The zero-order valence-corrected chi connectivity index (χ0v) is 25.1. The summed E-state index contributed by atoms with van der Waals surface area (Å²) < 4.78 is 35.0. The van der Waals surface area contributed by atoms with Crippen LogP contribution in [0.5, 0.6) is 5.75 Å². The van der Waals surface area contributed by atoms with E-state index in [0.29, 0.717) is 12.3 Å². The van der Waals surface area contributed by atoms with E-state index < -0.39 is 22.2 Å². The minimum absolute atomic E-state index is 0.108. The van der Waals surface area contributed by atoms with Gasteiger partial charge in [-0.1, -0.05) is 43.9 Å². The molecule has 1 fully saturated rings. The Kier molecular flexibility index (Phi) is 9.80. The number of hydrogen-bond acceptors (Lipinski definition) is 6. The normalized spacial score (nSPS) is 20.7. The van der Waals surface area contributed by atoms with Crippen LogP contribution in [0.25, 0.3) is 0 Å². The molecule has 3 N–H and O–H groups in total. The molecule has 0 radical (unpaired) electrons. The van der Waals surface area contributed by atoms with E-state index in [1.54, 1.807) is 48.0 Å². The Hall–Kier alpha value is -3.31.